The van der Waals surface area contributed by atoms with E-state index in [1.807, 2.05) is 0 Å². The zero-order valence-corrected chi connectivity index (χ0v) is 14.5. The number of benzene rings is 1. The molecule has 7 nitrogen and oxygen atoms in total. The smallest absolute Gasteiger partial charge is 0.330 e. The first-order valence-electron chi connectivity index (χ1n) is 7.54. The minimum atomic E-state index is -1.21. The van der Waals surface area contributed by atoms with E-state index in [-0.39, 0.29) is 5.91 Å². The molecule has 0 radical (unpaired) electrons. The molecule has 0 saturated heterocycles. The highest BCUT2D eigenvalue weighted by atomic mass is 16.5. The maximum atomic E-state index is 12.2. The van der Waals surface area contributed by atoms with Gasteiger partial charge in [-0.25, -0.2) is 4.79 Å². The number of hydrogen-bond acceptors (Lipinski definition) is 4. The number of carboxylic acids is 1. The Bertz CT molecular complexity index is 604. The van der Waals surface area contributed by atoms with E-state index in [1.54, 1.807) is 45.0 Å². The average molecular weight is 336 g/mol. The predicted molar refractivity (Wildman–Crippen MR) is 88.6 cm³/mol. The number of aliphatic carboxylic acids is 1. The lowest BCUT2D eigenvalue weighted by Gasteiger charge is -2.23. The number of ether oxygens (including phenoxy) is 1. The van der Waals surface area contributed by atoms with Crippen molar-refractivity contribution in [2.24, 2.45) is 5.41 Å². The molecule has 3 N–H and O–H groups in total. The Labute approximate surface area is 141 Å². The van der Waals surface area contributed by atoms with Crippen LogP contribution < -0.4 is 15.4 Å². The molecule has 7 heteroatoms. The number of carbonyl (C=O) groups is 3. The molecule has 0 aromatic heterocycles. The Morgan fingerprint density at radius 3 is 2.04 bits per heavy atom. The highest BCUT2D eigenvalue weighted by Gasteiger charge is 2.28. The van der Waals surface area contributed by atoms with Crippen molar-refractivity contribution in [2.45, 2.75) is 39.8 Å². The van der Waals surface area contributed by atoms with Crippen LogP contribution in [0.2, 0.25) is 0 Å². The quantitative estimate of drug-likeness (QED) is 0.730. The molecule has 24 heavy (non-hydrogen) atoms. The van der Waals surface area contributed by atoms with Crippen molar-refractivity contribution in [3.8, 4) is 5.75 Å². The van der Waals surface area contributed by atoms with Crippen molar-refractivity contribution in [1.29, 1.82) is 0 Å². The zero-order chi connectivity index (χ0) is 18.5. The molecule has 0 spiro atoms. The molecule has 0 aliphatic carbocycles. The summed E-state index contributed by atoms with van der Waals surface area (Å²) in [7, 11) is 1.51. The van der Waals surface area contributed by atoms with Crippen molar-refractivity contribution < 1.29 is 24.2 Å². The molecule has 2 unspecified atom stereocenters. The van der Waals surface area contributed by atoms with E-state index >= 15 is 0 Å². The standard InChI is InChI=1S/C17H24N2O5/c1-10(18-16(23)17(2,3)4)14(20)19-13(15(21)22)11-6-8-12(24-5)9-7-11/h6-10,13H,1-5H3,(H,18,23)(H,19,20)(H,21,22). The van der Waals surface area contributed by atoms with Gasteiger partial charge in [-0.15, -0.1) is 0 Å². The van der Waals surface area contributed by atoms with Crippen molar-refractivity contribution in [1.82, 2.24) is 10.6 Å². The van der Waals surface area contributed by atoms with Crippen LogP contribution in [-0.2, 0) is 14.4 Å². The third kappa shape index (κ3) is 5.26. The molecule has 1 aromatic carbocycles. The second kappa shape index (κ2) is 7.81. The van der Waals surface area contributed by atoms with E-state index in [1.165, 1.54) is 14.0 Å². The van der Waals surface area contributed by atoms with Gasteiger partial charge in [0.25, 0.3) is 0 Å². The summed E-state index contributed by atoms with van der Waals surface area (Å²) in [5.41, 5.74) is -0.234. The van der Waals surface area contributed by atoms with Crippen molar-refractivity contribution in [2.75, 3.05) is 7.11 Å². The van der Waals surface area contributed by atoms with Gasteiger partial charge >= 0.3 is 5.97 Å². The maximum absolute atomic E-state index is 12.2. The van der Waals surface area contributed by atoms with Crippen LogP contribution in [0.4, 0.5) is 0 Å². The summed E-state index contributed by atoms with van der Waals surface area (Å²) in [5.74, 6) is -1.47. The van der Waals surface area contributed by atoms with Crippen LogP contribution >= 0.6 is 0 Å². The summed E-state index contributed by atoms with van der Waals surface area (Å²) in [4.78, 5) is 35.6. The largest absolute Gasteiger partial charge is 0.497 e. The Morgan fingerprint density at radius 1 is 1.08 bits per heavy atom. The SMILES string of the molecule is COc1ccc(C(NC(=O)C(C)NC(=O)C(C)(C)C)C(=O)O)cc1. The predicted octanol–water partition coefficient (Wildman–Crippen LogP) is 1.49. The summed E-state index contributed by atoms with van der Waals surface area (Å²) in [6, 6.07) is 4.30. The fourth-order valence-corrected chi connectivity index (χ4v) is 1.83. The third-order valence-electron chi connectivity index (χ3n) is 3.40. The molecule has 0 fully saturated rings. The monoisotopic (exact) mass is 336 g/mol. The Hall–Kier alpha value is -2.57. The molecule has 1 aromatic rings. The molecule has 2 amide bonds. The van der Waals surface area contributed by atoms with Crippen LogP contribution in [-0.4, -0.2) is 36.0 Å². The average Bonchev–Trinajstić information content (AvgIpc) is 2.51. The van der Waals surface area contributed by atoms with Gasteiger partial charge in [-0.05, 0) is 24.6 Å². The number of methoxy groups -OCH3 is 1. The van der Waals surface area contributed by atoms with Crippen LogP contribution in [0.15, 0.2) is 24.3 Å². The highest BCUT2D eigenvalue weighted by Crippen LogP contribution is 2.18. The van der Waals surface area contributed by atoms with Gasteiger partial charge in [0, 0.05) is 5.41 Å². The van der Waals surface area contributed by atoms with E-state index in [2.05, 4.69) is 10.6 Å². The van der Waals surface area contributed by atoms with Gasteiger partial charge in [-0.2, -0.15) is 0 Å². The van der Waals surface area contributed by atoms with E-state index < -0.39 is 29.4 Å². The van der Waals surface area contributed by atoms with Crippen LogP contribution in [0.1, 0.15) is 39.3 Å². The molecule has 0 saturated carbocycles. The zero-order valence-electron chi connectivity index (χ0n) is 14.5. The maximum Gasteiger partial charge on any atom is 0.330 e. The van der Waals surface area contributed by atoms with Crippen LogP contribution in [0, 0.1) is 5.41 Å². The van der Waals surface area contributed by atoms with Crippen molar-refractivity contribution in [3.63, 3.8) is 0 Å². The number of carboxylic acid groups (broad SMARTS) is 1. The molecule has 132 valence electrons. The Kier molecular flexibility index (Phi) is 6.34. The molecule has 0 bridgehead atoms. The number of carbonyl (C=O) groups excluding carboxylic acids is 2. The molecule has 0 aliphatic rings. The lowest BCUT2D eigenvalue weighted by atomic mass is 9.95. The molecule has 1 rings (SSSR count). The normalized spacial score (nSPS) is 13.5. The number of nitrogens with one attached hydrogen (secondary N) is 2. The lowest BCUT2D eigenvalue weighted by Crippen LogP contribution is -2.49. The second-order valence-electron chi connectivity index (χ2n) is 6.50. The minimum Gasteiger partial charge on any atom is -0.497 e. The molecular weight excluding hydrogens is 312 g/mol. The van der Waals surface area contributed by atoms with E-state index in [0.29, 0.717) is 11.3 Å². The van der Waals surface area contributed by atoms with Gasteiger partial charge in [0.1, 0.15) is 11.8 Å². The van der Waals surface area contributed by atoms with Gasteiger partial charge in [0.15, 0.2) is 6.04 Å². The fourth-order valence-electron chi connectivity index (χ4n) is 1.83. The molecule has 0 heterocycles. The van der Waals surface area contributed by atoms with Crippen LogP contribution in [0.25, 0.3) is 0 Å². The van der Waals surface area contributed by atoms with Gasteiger partial charge in [-0.3, -0.25) is 9.59 Å². The second-order valence-corrected chi connectivity index (χ2v) is 6.50. The Balaban J connectivity index is 2.82. The van der Waals surface area contributed by atoms with E-state index in [0.717, 1.165) is 0 Å². The third-order valence-corrected chi connectivity index (χ3v) is 3.40. The summed E-state index contributed by atoms with van der Waals surface area (Å²) < 4.78 is 5.02. The highest BCUT2D eigenvalue weighted by molar-refractivity contribution is 5.91. The van der Waals surface area contributed by atoms with Crippen molar-refractivity contribution in [3.05, 3.63) is 29.8 Å². The summed E-state index contributed by atoms with van der Waals surface area (Å²) in [6.07, 6.45) is 0. The van der Waals surface area contributed by atoms with Crippen LogP contribution in [0.5, 0.6) is 5.75 Å². The molecular formula is C17H24N2O5. The Morgan fingerprint density at radius 2 is 1.62 bits per heavy atom. The van der Waals surface area contributed by atoms with Gasteiger partial charge < -0.3 is 20.5 Å². The molecule has 0 aliphatic heterocycles. The molecule has 2 atom stereocenters. The number of hydrogen-bond donors (Lipinski definition) is 3. The first-order chi connectivity index (χ1) is 11.1. The summed E-state index contributed by atoms with van der Waals surface area (Å²) in [5, 5.41) is 14.4. The van der Waals surface area contributed by atoms with E-state index in [9.17, 15) is 19.5 Å². The van der Waals surface area contributed by atoms with Gasteiger partial charge in [0.05, 0.1) is 7.11 Å². The number of rotatable bonds is 6. The van der Waals surface area contributed by atoms with Gasteiger partial charge in [-0.1, -0.05) is 32.9 Å². The summed E-state index contributed by atoms with van der Waals surface area (Å²) >= 11 is 0. The van der Waals surface area contributed by atoms with Crippen LogP contribution in [0.3, 0.4) is 0 Å². The minimum absolute atomic E-state index is 0.290. The summed E-state index contributed by atoms with van der Waals surface area (Å²) in [6.45, 7) is 6.69. The number of amides is 2. The van der Waals surface area contributed by atoms with Crippen molar-refractivity contribution >= 4 is 17.8 Å². The first-order valence-corrected chi connectivity index (χ1v) is 7.54. The fraction of sp³-hybridized carbons (Fsp3) is 0.471. The van der Waals surface area contributed by atoms with Gasteiger partial charge in [0.2, 0.25) is 11.8 Å². The first kappa shape index (κ1) is 19.5. The van der Waals surface area contributed by atoms with E-state index in [4.69, 9.17) is 4.74 Å². The topological polar surface area (TPSA) is 105 Å². The lowest BCUT2D eigenvalue weighted by molar-refractivity contribution is -0.142.